The molecule has 23 heavy (non-hydrogen) atoms. The quantitative estimate of drug-likeness (QED) is 0.460. The molecule has 6 nitrogen and oxygen atoms in total. The van der Waals surface area contributed by atoms with Gasteiger partial charge < -0.3 is 15.4 Å². The van der Waals surface area contributed by atoms with Gasteiger partial charge in [-0.1, -0.05) is 0 Å². The van der Waals surface area contributed by atoms with Crippen molar-refractivity contribution in [2.75, 3.05) is 32.7 Å². The van der Waals surface area contributed by atoms with Gasteiger partial charge in [-0.3, -0.25) is 4.99 Å². The Kier molecular flexibility index (Phi) is 6.80. The van der Waals surface area contributed by atoms with E-state index in [0.717, 1.165) is 35.4 Å². The van der Waals surface area contributed by atoms with Crippen LogP contribution in [-0.4, -0.2) is 48.5 Å². The topological polar surface area (TPSA) is 63.5 Å². The van der Waals surface area contributed by atoms with E-state index in [1.807, 2.05) is 41.2 Å². The van der Waals surface area contributed by atoms with Crippen LogP contribution in [0.2, 0.25) is 0 Å². The highest BCUT2D eigenvalue weighted by Crippen LogP contribution is 2.14. The second-order valence-corrected chi connectivity index (χ2v) is 5.78. The Hall–Kier alpha value is -2.15. The Labute approximate surface area is 141 Å². The summed E-state index contributed by atoms with van der Waals surface area (Å²) in [6.45, 7) is 1.52. The van der Waals surface area contributed by atoms with Crippen molar-refractivity contribution in [2.45, 2.75) is 6.54 Å². The van der Waals surface area contributed by atoms with Gasteiger partial charge >= 0.3 is 0 Å². The van der Waals surface area contributed by atoms with Gasteiger partial charge in [0.05, 0.1) is 25.0 Å². The summed E-state index contributed by atoms with van der Waals surface area (Å²) >= 11 is 1.80. The molecule has 1 aromatic carbocycles. The highest BCUT2D eigenvalue weighted by atomic mass is 32.2. The fourth-order valence-electron chi connectivity index (χ4n) is 2.00. The van der Waals surface area contributed by atoms with Crippen molar-refractivity contribution in [1.29, 1.82) is 0 Å². The highest BCUT2D eigenvalue weighted by molar-refractivity contribution is 7.98. The van der Waals surface area contributed by atoms with Gasteiger partial charge in [0.2, 0.25) is 0 Å². The Morgan fingerprint density at radius 1 is 1.26 bits per heavy atom. The molecule has 0 unspecified atom stereocenters. The van der Waals surface area contributed by atoms with Crippen LogP contribution in [0.15, 0.2) is 41.5 Å². The third kappa shape index (κ3) is 5.21. The average Bonchev–Trinajstić information content (AvgIpc) is 3.07. The number of thioether (sulfide) groups is 1. The second-order valence-electron chi connectivity index (χ2n) is 4.80. The number of hydrogen-bond acceptors (Lipinski definition) is 4. The number of hydrogen-bond donors (Lipinski definition) is 2. The lowest BCUT2D eigenvalue weighted by atomic mass is 10.3. The summed E-state index contributed by atoms with van der Waals surface area (Å²) in [5.41, 5.74) is 1.95. The Morgan fingerprint density at radius 2 is 2.04 bits per heavy atom. The Morgan fingerprint density at radius 3 is 2.70 bits per heavy atom. The van der Waals surface area contributed by atoms with Crippen LogP contribution < -0.4 is 15.4 Å². The molecule has 2 rings (SSSR count). The van der Waals surface area contributed by atoms with Gasteiger partial charge in [-0.2, -0.15) is 16.9 Å². The molecule has 0 aliphatic rings. The van der Waals surface area contributed by atoms with E-state index < -0.39 is 0 Å². The predicted octanol–water partition coefficient (Wildman–Crippen LogP) is 1.91. The number of benzene rings is 1. The number of aliphatic imine (C=N–C) groups is 1. The molecule has 0 atom stereocenters. The Balaban J connectivity index is 1.91. The zero-order valence-corrected chi connectivity index (χ0v) is 14.6. The molecule has 2 aromatic rings. The summed E-state index contributed by atoms with van der Waals surface area (Å²) in [4.78, 5) is 4.20. The molecule has 0 saturated carbocycles. The average molecular weight is 333 g/mol. The molecular weight excluding hydrogens is 310 g/mol. The van der Waals surface area contributed by atoms with Gasteiger partial charge in [0.25, 0.3) is 0 Å². The van der Waals surface area contributed by atoms with Gasteiger partial charge in [0.1, 0.15) is 5.75 Å². The van der Waals surface area contributed by atoms with E-state index in [1.165, 1.54) is 0 Å². The first-order valence-electron chi connectivity index (χ1n) is 7.39. The molecule has 1 heterocycles. The maximum absolute atomic E-state index is 5.17. The number of nitrogens with zero attached hydrogens (tertiary/aromatic N) is 3. The van der Waals surface area contributed by atoms with E-state index in [2.05, 4.69) is 27.0 Å². The number of guanidine groups is 1. The number of methoxy groups -OCH3 is 1. The molecule has 0 saturated heterocycles. The molecule has 7 heteroatoms. The molecule has 0 spiro atoms. The zero-order chi connectivity index (χ0) is 16.5. The third-order valence-corrected chi connectivity index (χ3v) is 3.85. The Bertz CT molecular complexity index is 624. The van der Waals surface area contributed by atoms with Crippen molar-refractivity contribution in [1.82, 2.24) is 20.4 Å². The monoisotopic (exact) mass is 333 g/mol. The molecule has 0 radical (unpaired) electrons. The molecular formula is C16H23N5OS. The van der Waals surface area contributed by atoms with Crippen molar-refractivity contribution in [3.63, 3.8) is 0 Å². The summed E-state index contributed by atoms with van der Waals surface area (Å²) in [5, 5.41) is 11.1. The van der Waals surface area contributed by atoms with Gasteiger partial charge in [-0.05, 0) is 36.6 Å². The van der Waals surface area contributed by atoms with E-state index in [4.69, 9.17) is 4.74 Å². The van der Waals surface area contributed by atoms with Crippen molar-refractivity contribution < 1.29 is 4.74 Å². The van der Waals surface area contributed by atoms with E-state index in [-0.39, 0.29) is 0 Å². The normalized spacial score (nSPS) is 11.3. The lowest BCUT2D eigenvalue weighted by Gasteiger charge is -2.10. The second kappa shape index (κ2) is 9.09. The maximum atomic E-state index is 5.17. The molecule has 124 valence electrons. The number of rotatable bonds is 7. The molecule has 0 aliphatic heterocycles. The van der Waals surface area contributed by atoms with Gasteiger partial charge in [0, 0.05) is 25.5 Å². The van der Waals surface area contributed by atoms with E-state index >= 15 is 0 Å². The van der Waals surface area contributed by atoms with Crippen molar-refractivity contribution in [3.8, 4) is 11.4 Å². The summed E-state index contributed by atoms with van der Waals surface area (Å²) in [6.07, 6.45) is 4.03. The number of aromatic nitrogens is 2. The summed E-state index contributed by atoms with van der Waals surface area (Å²) in [7, 11) is 3.43. The van der Waals surface area contributed by atoms with Crippen LogP contribution in [0.4, 0.5) is 0 Å². The molecule has 1 aromatic heterocycles. The van der Waals surface area contributed by atoms with Crippen molar-refractivity contribution >= 4 is 17.7 Å². The zero-order valence-electron chi connectivity index (χ0n) is 13.7. The van der Waals surface area contributed by atoms with Crippen LogP contribution in [0.3, 0.4) is 0 Å². The predicted molar refractivity (Wildman–Crippen MR) is 96.7 cm³/mol. The standard InChI is InChI=1S/C16H23N5OS/c1-17-16(18-9-11-23-3)19-12-13-8-10-21(20-13)14-4-6-15(22-2)7-5-14/h4-8,10H,9,11-12H2,1-3H3,(H2,17,18,19). The van der Waals surface area contributed by atoms with Gasteiger partial charge in [0.15, 0.2) is 5.96 Å². The largest absolute Gasteiger partial charge is 0.497 e. The smallest absolute Gasteiger partial charge is 0.191 e. The fraction of sp³-hybridized carbons (Fsp3) is 0.375. The minimum atomic E-state index is 0.627. The van der Waals surface area contributed by atoms with Crippen LogP contribution >= 0.6 is 11.8 Å². The van der Waals surface area contributed by atoms with Crippen LogP contribution in [0.1, 0.15) is 5.69 Å². The van der Waals surface area contributed by atoms with E-state index in [1.54, 1.807) is 25.9 Å². The fourth-order valence-corrected chi connectivity index (χ4v) is 2.31. The lowest BCUT2D eigenvalue weighted by Crippen LogP contribution is -2.38. The first kappa shape index (κ1) is 17.2. The molecule has 0 amide bonds. The van der Waals surface area contributed by atoms with Crippen LogP contribution in [0, 0.1) is 0 Å². The molecule has 2 N–H and O–H groups in total. The van der Waals surface area contributed by atoms with Gasteiger partial charge in [-0.25, -0.2) is 4.68 Å². The summed E-state index contributed by atoms with van der Waals surface area (Å²) in [5.74, 6) is 2.67. The first-order chi connectivity index (χ1) is 11.3. The van der Waals surface area contributed by atoms with E-state index in [0.29, 0.717) is 6.54 Å². The third-order valence-electron chi connectivity index (χ3n) is 3.24. The lowest BCUT2D eigenvalue weighted by molar-refractivity contribution is 0.414. The number of nitrogens with one attached hydrogen (secondary N) is 2. The molecule has 0 aliphatic carbocycles. The molecule has 0 bridgehead atoms. The van der Waals surface area contributed by atoms with Gasteiger partial charge in [-0.15, -0.1) is 0 Å². The summed E-state index contributed by atoms with van der Waals surface area (Å²) in [6, 6.07) is 9.79. The van der Waals surface area contributed by atoms with Crippen LogP contribution in [0.25, 0.3) is 5.69 Å². The first-order valence-corrected chi connectivity index (χ1v) is 8.78. The van der Waals surface area contributed by atoms with Crippen molar-refractivity contribution in [3.05, 3.63) is 42.2 Å². The SMILES string of the molecule is CN=C(NCCSC)NCc1ccn(-c2ccc(OC)cc2)n1. The van der Waals surface area contributed by atoms with Crippen LogP contribution in [0.5, 0.6) is 5.75 Å². The van der Waals surface area contributed by atoms with Crippen LogP contribution in [-0.2, 0) is 6.54 Å². The van der Waals surface area contributed by atoms with Crippen molar-refractivity contribution in [2.24, 2.45) is 4.99 Å². The number of ether oxygens (including phenoxy) is 1. The minimum absolute atomic E-state index is 0.627. The maximum Gasteiger partial charge on any atom is 0.191 e. The highest BCUT2D eigenvalue weighted by Gasteiger charge is 2.03. The summed E-state index contributed by atoms with van der Waals surface area (Å²) < 4.78 is 7.01. The molecule has 0 fully saturated rings. The van der Waals surface area contributed by atoms with E-state index in [9.17, 15) is 0 Å². The minimum Gasteiger partial charge on any atom is -0.497 e.